The van der Waals surface area contributed by atoms with E-state index in [0.29, 0.717) is 22.8 Å². The van der Waals surface area contributed by atoms with Crippen LogP contribution in [0.4, 0.5) is 0 Å². The zero-order valence-electron chi connectivity index (χ0n) is 13.0. The minimum Gasteiger partial charge on any atom is -0.478 e. The molecule has 0 saturated carbocycles. The smallest absolute Gasteiger partial charge is 0.339 e. The van der Waals surface area contributed by atoms with Crippen LogP contribution in [-0.2, 0) is 6.54 Å². The highest BCUT2D eigenvalue weighted by Crippen LogP contribution is 2.17. The molecular weight excluding hydrogens is 298 g/mol. The van der Waals surface area contributed by atoms with E-state index in [4.69, 9.17) is 14.8 Å². The molecule has 0 saturated heterocycles. The number of nitrogens with zero attached hydrogens (tertiary/aromatic N) is 3. The van der Waals surface area contributed by atoms with Crippen molar-refractivity contribution < 1.29 is 19.1 Å². The second-order valence-corrected chi connectivity index (χ2v) is 5.09. The van der Waals surface area contributed by atoms with E-state index in [0.717, 1.165) is 0 Å². The summed E-state index contributed by atoms with van der Waals surface area (Å²) in [4.78, 5) is 28.8. The highest BCUT2D eigenvalue weighted by molar-refractivity contribution is 5.92. The largest absolute Gasteiger partial charge is 0.478 e. The van der Waals surface area contributed by atoms with Crippen LogP contribution in [0.2, 0.25) is 0 Å². The number of nitriles is 1. The molecule has 2 rings (SSSR count). The van der Waals surface area contributed by atoms with E-state index in [-0.39, 0.29) is 23.7 Å². The predicted molar refractivity (Wildman–Crippen MR) is 79.9 cm³/mol. The lowest BCUT2D eigenvalue weighted by Crippen LogP contribution is -2.27. The number of hydrogen-bond donors (Lipinski definition) is 1. The Balaban J connectivity index is 2.17. The number of carboxylic acid groups (broad SMARTS) is 1. The maximum absolute atomic E-state index is 12.3. The quantitative estimate of drug-likeness (QED) is 0.926. The molecule has 23 heavy (non-hydrogen) atoms. The second kappa shape index (κ2) is 6.32. The third-order valence-electron chi connectivity index (χ3n) is 3.36. The average molecular weight is 313 g/mol. The van der Waals surface area contributed by atoms with Crippen molar-refractivity contribution in [2.75, 3.05) is 7.05 Å². The van der Waals surface area contributed by atoms with Gasteiger partial charge < -0.3 is 14.4 Å². The summed E-state index contributed by atoms with van der Waals surface area (Å²) in [5, 5.41) is 17.9. The van der Waals surface area contributed by atoms with Crippen molar-refractivity contribution in [2.24, 2.45) is 0 Å². The van der Waals surface area contributed by atoms with E-state index >= 15 is 0 Å². The molecule has 7 heteroatoms. The fourth-order valence-electron chi connectivity index (χ4n) is 2.13. The van der Waals surface area contributed by atoms with Gasteiger partial charge in [0.25, 0.3) is 5.91 Å². The lowest BCUT2D eigenvalue weighted by Gasteiger charge is -2.15. The molecule has 1 N–H and O–H groups in total. The summed E-state index contributed by atoms with van der Waals surface area (Å²) in [5.74, 6) is -0.749. The van der Waals surface area contributed by atoms with E-state index in [1.165, 1.54) is 17.0 Å². The maximum Gasteiger partial charge on any atom is 0.339 e. The Morgan fingerprint density at radius 2 is 2.09 bits per heavy atom. The highest BCUT2D eigenvalue weighted by atomic mass is 16.4. The van der Waals surface area contributed by atoms with Crippen molar-refractivity contribution >= 4 is 11.9 Å². The van der Waals surface area contributed by atoms with E-state index in [2.05, 4.69) is 4.98 Å². The number of rotatable bonds is 4. The van der Waals surface area contributed by atoms with E-state index in [1.54, 1.807) is 27.0 Å². The van der Waals surface area contributed by atoms with Gasteiger partial charge in [-0.1, -0.05) is 0 Å². The van der Waals surface area contributed by atoms with Crippen LogP contribution in [0.25, 0.3) is 0 Å². The Kier molecular flexibility index (Phi) is 4.46. The molecule has 0 unspecified atom stereocenters. The summed E-state index contributed by atoms with van der Waals surface area (Å²) in [7, 11) is 1.57. The SMILES string of the molecule is Cc1nc(C(=O)N(C)Cc2cc(C(=O)O)c(C)o2)ccc1C#N. The van der Waals surface area contributed by atoms with Gasteiger partial charge in [-0.3, -0.25) is 4.79 Å². The lowest BCUT2D eigenvalue weighted by atomic mass is 10.2. The van der Waals surface area contributed by atoms with Crippen molar-refractivity contribution in [1.29, 1.82) is 5.26 Å². The zero-order chi connectivity index (χ0) is 17.1. The molecule has 0 bridgehead atoms. The fraction of sp³-hybridized carbons (Fsp3) is 0.250. The Morgan fingerprint density at radius 3 is 2.61 bits per heavy atom. The first-order chi connectivity index (χ1) is 10.8. The van der Waals surface area contributed by atoms with Crippen molar-refractivity contribution in [1.82, 2.24) is 9.88 Å². The van der Waals surface area contributed by atoms with Gasteiger partial charge >= 0.3 is 5.97 Å². The molecule has 0 spiro atoms. The number of pyridine rings is 1. The van der Waals surface area contributed by atoms with Gasteiger partial charge in [0.05, 0.1) is 17.8 Å². The molecule has 2 aromatic heterocycles. The van der Waals surface area contributed by atoms with Crippen molar-refractivity contribution in [2.45, 2.75) is 20.4 Å². The number of carboxylic acids is 1. The lowest BCUT2D eigenvalue weighted by molar-refractivity contribution is 0.0694. The second-order valence-electron chi connectivity index (χ2n) is 5.09. The Labute approximate surface area is 132 Å². The van der Waals surface area contributed by atoms with Crippen LogP contribution >= 0.6 is 0 Å². The van der Waals surface area contributed by atoms with Gasteiger partial charge in [-0.2, -0.15) is 5.26 Å². The molecule has 0 aliphatic heterocycles. The van der Waals surface area contributed by atoms with E-state index in [9.17, 15) is 9.59 Å². The summed E-state index contributed by atoms with van der Waals surface area (Å²) in [5.41, 5.74) is 1.18. The fourth-order valence-corrected chi connectivity index (χ4v) is 2.13. The van der Waals surface area contributed by atoms with E-state index in [1.807, 2.05) is 6.07 Å². The van der Waals surface area contributed by atoms with Crippen LogP contribution < -0.4 is 0 Å². The molecule has 118 valence electrons. The van der Waals surface area contributed by atoms with Crippen LogP contribution in [0.15, 0.2) is 22.6 Å². The summed E-state index contributed by atoms with van der Waals surface area (Å²) in [6.07, 6.45) is 0. The molecule has 1 amide bonds. The van der Waals surface area contributed by atoms with Gasteiger partial charge in [-0.05, 0) is 32.0 Å². The number of aryl methyl sites for hydroxylation is 2. The molecule has 7 nitrogen and oxygen atoms in total. The van der Waals surface area contributed by atoms with Crippen LogP contribution in [0.1, 0.15) is 43.6 Å². The minimum atomic E-state index is -1.07. The first-order valence-electron chi connectivity index (χ1n) is 6.79. The summed E-state index contributed by atoms with van der Waals surface area (Å²) < 4.78 is 5.35. The molecule has 2 aromatic rings. The molecular formula is C16H15N3O4. The number of hydrogen-bond acceptors (Lipinski definition) is 5. The van der Waals surface area contributed by atoms with Gasteiger partial charge in [0.15, 0.2) is 0 Å². The number of amides is 1. The van der Waals surface area contributed by atoms with Gasteiger partial charge in [-0.15, -0.1) is 0 Å². The van der Waals surface area contributed by atoms with Gasteiger partial charge in [0.1, 0.15) is 28.8 Å². The number of aromatic carboxylic acids is 1. The minimum absolute atomic E-state index is 0.0770. The standard InChI is InChI=1S/C16H15N3O4/c1-9-11(7-17)4-5-14(18-9)15(20)19(3)8-12-6-13(16(21)22)10(2)23-12/h4-6H,8H2,1-3H3,(H,21,22). The van der Waals surface area contributed by atoms with Crippen molar-refractivity contribution in [3.63, 3.8) is 0 Å². The number of aromatic nitrogens is 1. The summed E-state index contributed by atoms with van der Waals surface area (Å²) in [6, 6.07) is 6.42. The Morgan fingerprint density at radius 1 is 1.39 bits per heavy atom. The third kappa shape index (κ3) is 3.37. The predicted octanol–water partition coefficient (Wildman–Crippen LogP) is 2.13. The first-order valence-corrected chi connectivity index (χ1v) is 6.79. The molecule has 0 aliphatic rings. The Hall–Kier alpha value is -3.14. The molecule has 0 radical (unpaired) electrons. The molecule has 0 atom stereocenters. The molecule has 0 aliphatic carbocycles. The normalized spacial score (nSPS) is 10.2. The van der Waals surface area contributed by atoms with Crippen LogP contribution in [0.5, 0.6) is 0 Å². The topological polar surface area (TPSA) is 107 Å². The highest BCUT2D eigenvalue weighted by Gasteiger charge is 2.19. The maximum atomic E-state index is 12.3. The number of furan rings is 1. The first kappa shape index (κ1) is 16.2. The zero-order valence-corrected chi connectivity index (χ0v) is 13.0. The number of carbonyl (C=O) groups excluding carboxylic acids is 1. The van der Waals surface area contributed by atoms with E-state index < -0.39 is 5.97 Å². The van der Waals surface area contributed by atoms with Gasteiger partial charge in [0, 0.05) is 7.05 Å². The summed E-state index contributed by atoms with van der Waals surface area (Å²) in [6.45, 7) is 3.33. The van der Waals surface area contributed by atoms with Crippen molar-refractivity contribution in [3.05, 3.63) is 52.2 Å². The van der Waals surface area contributed by atoms with Crippen LogP contribution in [0, 0.1) is 25.2 Å². The average Bonchev–Trinajstić information content (AvgIpc) is 2.87. The van der Waals surface area contributed by atoms with Gasteiger partial charge in [0.2, 0.25) is 0 Å². The van der Waals surface area contributed by atoms with Gasteiger partial charge in [-0.25, -0.2) is 9.78 Å². The molecule has 0 fully saturated rings. The molecule has 2 heterocycles. The molecule has 0 aromatic carbocycles. The monoisotopic (exact) mass is 313 g/mol. The van der Waals surface area contributed by atoms with Crippen molar-refractivity contribution in [3.8, 4) is 6.07 Å². The van der Waals surface area contributed by atoms with Crippen LogP contribution in [0.3, 0.4) is 0 Å². The summed E-state index contributed by atoms with van der Waals surface area (Å²) >= 11 is 0. The number of carbonyl (C=O) groups is 2. The van der Waals surface area contributed by atoms with Crippen LogP contribution in [-0.4, -0.2) is 33.9 Å². The Bertz CT molecular complexity index is 817. The third-order valence-corrected chi connectivity index (χ3v) is 3.36.